The molecule has 20 heavy (non-hydrogen) atoms. The van der Waals surface area contributed by atoms with E-state index in [9.17, 15) is 8.78 Å². The molecule has 1 aliphatic heterocycles. The maximum Gasteiger partial charge on any atom is 0.150 e. The number of nitrogens with two attached hydrogens (primary N) is 1. The van der Waals surface area contributed by atoms with Gasteiger partial charge in [-0.15, -0.1) is 0 Å². The van der Waals surface area contributed by atoms with Crippen LogP contribution in [0.1, 0.15) is 24.8 Å². The van der Waals surface area contributed by atoms with Crippen LogP contribution in [0, 0.1) is 17.6 Å². The fraction of sp³-hybridized carbons (Fsp3) is 0.500. The van der Waals surface area contributed by atoms with Crippen LogP contribution < -0.4 is 10.6 Å². The Labute approximate surface area is 122 Å². The zero-order chi connectivity index (χ0) is 14.7. The van der Waals surface area contributed by atoms with Crippen LogP contribution in [-0.4, -0.2) is 29.8 Å². The molecule has 110 valence electrons. The average molecular weight is 300 g/mol. The van der Waals surface area contributed by atoms with Crippen LogP contribution in [-0.2, 0) is 0 Å². The molecule has 0 aliphatic carbocycles. The van der Waals surface area contributed by atoms with Crippen LogP contribution in [0.25, 0.3) is 0 Å². The van der Waals surface area contributed by atoms with E-state index in [0.29, 0.717) is 19.5 Å². The Kier molecular flexibility index (Phi) is 4.88. The normalized spacial score (nSPS) is 19.1. The Bertz CT molecular complexity index is 485. The Morgan fingerprint density at radius 3 is 2.60 bits per heavy atom. The zero-order valence-electron chi connectivity index (χ0n) is 11.1. The lowest BCUT2D eigenvalue weighted by Crippen LogP contribution is -2.37. The second-order valence-corrected chi connectivity index (χ2v) is 5.56. The molecule has 3 nitrogen and oxygen atoms in total. The van der Waals surface area contributed by atoms with Gasteiger partial charge in [0.1, 0.15) is 22.3 Å². The number of benzene rings is 1. The molecule has 0 radical (unpaired) electrons. The van der Waals surface area contributed by atoms with Crippen LogP contribution in [0.2, 0.25) is 0 Å². The van der Waals surface area contributed by atoms with E-state index in [0.717, 1.165) is 12.8 Å². The average Bonchev–Trinajstić information content (AvgIpc) is 2.38. The molecular weight excluding hydrogens is 282 g/mol. The number of thiocarbonyl (C=S) groups is 1. The lowest BCUT2D eigenvalue weighted by atomic mass is 9.94. The number of hydrogen-bond acceptors (Lipinski definition) is 3. The summed E-state index contributed by atoms with van der Waals surface area (Å²) in [7, 11) is 0. The fourth-order valence-corrected chi connectivity index (χ4v) is 2.81. The van der Waals surface area contributed by atoms with Gasteiger partial charge < -0.3 is 15.7 Å². The van der Waals surface area contributed by atoms with Crippen LogP contribution in [0.15, 0.2) is 12.1 Å². The first-order valence-electron chi connectivity index (χ1n) is 6.67. The zero-order valence-corrected chi connectivity index (χ0v) is 11.9. The van der Waals surface area contributed by atoms with Gasteiger partial charge in [0.05, 0.1) is 0 Å². The van der Waals surface area contributed by atoms with Crippen molar-refractivity contribution in [1.82, 2.24) is 0 Å². The number of nitrogens with zero attached hydrogens (tertiary/aromatic N) is 1. The van der Waals surface area contributed by atoms with Gasteiger partial charge in [0.25, 0.3) is 0 Å². The number of piperidine rings is 1. The first kappa shape index (κ1) is 15.1. The Hall–Kier alpha value is -1.27. The second kappa shape index (κ2) is 6.45. The van der Waals surface area contributed by atoms with E-state index in [4.69, 9.17) is 23.1 Å². The summed E-state index contributed by atoms with van der Waals surface area (Å²) in [5, 5.41) is 8.99. The molecule has 1 aromatic rings. The highest BCUT2D eigenvalue weighted by atomic mass is 32.1. The largest absolute Gasteiger partial charge is 0.396 e. The number of aliphatic hydroxyl groups excluding tert-OH is 1. The Morgan fingerprint density at radius 1 is 1.40 bits per heavy atom. The van der Waals surface area contributed by atoms with E-state index in [1.807, 2.05) is 0 Å². The van der Waals surface area contributed by atoms with Crippen molar-refractivity contribution in [3.63, 3.8) is 0 Å². The highest BCUT2D eigenvalue weighted by molar-refractivity contribution is 7.80. The van der Waals surface area contributed by atoms with E-state index >= 15 is 0 Å². The minimum absolute atomic E-state index is 0.0207. The summed E-state index contributed by atoms with van der Waals surface area (Å²) in [4.78, 5) is 1.68. The second-order valence-electron chi connectivity index (χ2n) is 5.12. The van der Waals surface area contributed by atoms with Gasteiger partial charge in [-0.2, -0.15) is 0 Å². The van der Waals surface area contributed by atoms with E-state index in [1.54, 1.807) is 4.90 Å². The molecule has 0 aromatic heterocycles. The molecule has 1 fully saturated rings. The minimum atomic E-state index is -0.641. The van der Waals surface area contributed by atoms with E-state index < -0.39 is 11.6 Å². The summed E-state index contributed by atoms with van der Waals surface area (Å²) in [6.45, 7) is 1.27. The van der Waals surface area contributed by atoms with Gasteiger partial charge in [-0.3, -0.25) is 0 Å². The molecule has 0 amide bonds. The molecule has 2 rings (SSSR count). The lowest BCUT2D eigenvalue weighted by Gasteiger charge is -2.34. The molecule has 0 bridgehead atoms. The monoisotopic (exact) mass is 300 g/mol. The van der Waals surface area contributed by atoms with Crippen LogP contribution in [0.5, 0.6) is 0 Å². The Morgan fingerprint density at radius 2 is 2.05 bits per heavy atom. The topological polar surface area (TPSA) is 49.5 Å². The molecule has 1 heterocycles. The molecule has 1 aliphatic rings. The fourth-order valence-electron chi connectivity index (χ4n) is 2.70. The molecule has 3 N–H and O–H groups in total. The van der Waals surface area contributed by atoms with Crippen molar-refractivity contribution < 1.29 is 13.9 Å². The van der Waals surface area contributed by atoms with Gasteiger partial charge in [-0.25, -0.2) is 8.78 Å². The van der Waals surface area contributed by atoms with Crippen molar-refractivity contribution in [2.45, 2.75) is 19.3 Å². The number of rotatable bonds is 4. The molecule has 6 heteroatoms. The highest BCUT2D eigenvalue weighted by Gasteiger charge is 2.25. The summed E-state index contributed by atoms with van der Waals surface area (Å²) in [5.74, 6) is -1.02. The summed E-state index contributed by atoms with van der Waals surface area (Å²) in [5.41, 5.74) is 5.57. The summed E-state index contributed by atoms with van der Waals surface area (Å²) >= 11 is 4.74. The van der Waals surface area contributed by atoms with Gasteiger partial charge >= 0.3 is 0 Å². The van der Waals surface area contributed by atoms with E-state index in [2.05, 4.69) is 0 Å². The van der Waals surface area contributed by atoms with E-state index in [-0.39, 0.29) is 28.8 Å². The van der Waals surface area contributed by atoms with Gasteiger partial charge in [0.2, 0.25) is 0 Å². The predicted octanol–water partition coefficient (Wildman–Crippen LogP) is 2.20. The smallest absolute Gasteiger partial charge is 0.150 e. The summed E-state index contributed by atoms with van der Waals surface area (Å²) in [6, 6.07) is 2.35. The van der Waals surface area contributed by atoms with Gasteiger partial charge in [-0.1, -0.05) is 12.2 Å². The van der Waals surface area contributed by atoms with Crippen LogP contribution >= 0.6 is 12.2 Å². The lowest BCUT2D eigenvalue weighted by molar-refractivity contribution is 0.244. The molecule has 0 spiro atoms. The molecule has 0 saturated carbocycles. The highest BCUT2D eigenvalue weighted by Crippen LogP contribution is 2.30. The van der Waals surface area contributed by atoms with Crippen molar-refractivity contribution in [3.8, 4) is 0 Å². The minimum Gasteiger partial charge on any atom is -0.396 e. The number of hydrogen-bond donors (Lipinski definition) is 2. The van der Waals surface area contributed by atoms with Crippen molar-refractivity contribution in [2.75, 3.05) is 24.6 Å². The summed E-state index contributed by atoms with van der Waals surface area (Å²) < 4.78 is 28.2. The number of anilines is 1. The first-order chi connectivity index (χ1) is 9.52. The third-order valence-corrected chi connectivity index (χ3v) is 3.91. The van der Waals surface area contributed by atoms with Crippen molar-refractivity contribution in [1.29, 1.82) is 0 Å². The van der Waals surface area contributed by atoms with Gasteiger partial charge in [0.15, 0.2) is 0 Å². The van der Waals surface area contributed by atoms with Crippen molar-refractivity contribution in [2.24, 2.45) is 11.7 Å². The number of aliphatic hydroxyl groups is 1. The van der Waals surface area contributed by atoms with Crippen LogP contribution in [0.4, 0.5) is 14.5 Å². The van der Waals surface area contributed by atoms with E-state index in [1.165, 1.54) is 12.1 Å². The summed E-state index contributed by atoms with van der Waals surface area (Å²) in [6.07, 6.45) is 2.50. The SMILES string of the molecule is NC(=S)c1cc(F)c(N2CCCC(CCO)C2)c(F)c1. The van der Waals surface area contributed by atoms with Crippen molar-refractivity contribution in [3.05, 3.63) is 29.3 Å². The molecule has 1 aromatic carbocycles. The standard InChI is InChI=1S/C14H18F2N2OS/c15-11-6-10(14(17)20)7-12(16)13(11)18-4-1-2-9(8-18)3-5-19/h6-7,9,19H,1-5,8H2,(H2,17,20). The third-order valence-electron chi connectivity index (χ3n) is 3.67. The maximum absolute atomic E-state index is 14.1. The van der Waals surface area contributed by atoms with Gasteiger partial charge in [0, 0.05) is 25.3 Å². The molecular formula is C14H18F2N2OS. The predicted molar refractivity (Wildman–Crippen MR) is 78.9 cm³/mol. The third kappa shape index (κ3) is 3.24. The Balaban J connectivity index is 2.26. The molecule has 1 atom stereocenters. The quantitative estimate of drug-likeness (QED) is 0.837. The van der Waals surface area contributed by atoms with Crippen LogP contribution in [0.3, 0.4) is 0 Å². The van der Waals surface area contributed by atoms with Gasteiger partial charge in [-0.05, 0) is 37.3 Å². The molecule has 1 saturated heterocycles. The first-order valence-corrected chi connectivity index (χ1v) is 7.08. The number of halogens is 2. The van der Waals surface area contributed by atoms with Crippen molar-refractivity contribution >= 4 is 22.9 Å². The maximum atomic E-state index is 14.1. The molecule has 1 unspecified atom stereocenters.